The molecular formula is C20H28N4O2. The molecule has 6 nitrogen and oxygen atoms in total. The normalized spacial score (nSPS) is 21.8. The molecule has 1 unspecified atom stereocenters. The van der Waals surface area contributed by atoms with E-state index >= 15 is 0 Å². The summed E-state index contributed by atoms with van der Waals surface area (Å²) in [5.74, 6) is 3.84. The number of nitrogens with zero attached hydrogens (tertiary/aromatic N) is 4. The lowest BCUT2D eigenvalue weighted by atomic mass is 9.92. The van der Waals surface area contributed by atoms with Gasteiger partial charge in [-0.2, -0.15) is 0 Å². The summed E-state index contributed by atoms with van der Waals surface area (Å²) in [4.78, 5) is 2.60. The molecular weight excluding hydrogens is 328 g/mol. The molecule has 0 bridgehead atoms. The lowest BCUT2D eigenvalue weighted by molar-refractivity contribution is 0.169. The van der Waals surface area contributed by atoms with Gasteiger partial charge >= 0.3 is 0 Å². The minimum absolute atomic E-state index is 0.0480. The first-order valence-electron chi connectivity index (χ1n) is 9.66. The Morgan fingerprint density at radius 1 is 1.15 bits per heavy atom. The number of aliphatic hydroxyl groups excluding tert-OH is 1. The third-order valence-corrected chi connectivity index (χ3v) is 5.87. The summed E-state index contributed by atoms with van der Waals surface area (Å²) >= 11 is 0. The lowest BCUT2D eigenvalue weighted by Gasteiger charge is -2.33. The maximum atomic E-state index is 9.31. The Labute approximate surface area is 154 Å². The topological polar surface area (TPSA) is 63.4 Å². The van der Waals surface area contributed by atoms with Gasteiger partial charge in [0.2, 0.25) is 0 Å². The fourth-order valence-corrected chi connectivity index (χ4v) is 4.33. The molecule has 1 aromatic heterocycles. The molecule has 1 atom stereocenters. The second-order valence-corrected chi connectivity index (χ2v) is 7.58. The molecule has 0 saturated carbocycles. The molecule has 140 valence electrons. The molecule has 3 heterocycles. The average molecular weight is 356 g/mol. The average Bonchev–Trinajstić information content (AvgIpc) is 2.91. The van der Waals surface area contributed by atoms with Crippen molar-refractivity contribution in [2.45, 2.75) is 38.2 Å². The van der Waals surface area contributed by atoms with Gasteiger partial charge in [-0.15, -0.1) is 10.2 Å². The van der Waals surface area contributed by atoms with Gasteiger partial charge in [0, 0.05) is 19.5 Å². The van der Waals surface area contributed by atoms with E-state index in [0.717, 1.165) is 63.5 Å². The first-order chi connectivity index (χ1) is 12.7. The van der Waals surface area contributed by atoms with Crippen molar-refractivity contribution >= 4 is 0 Å². The van der Waals surface area contributed by atoms with Crippen LogP contribution in [0.1, 0.15) is 42.4 Å². The number of aliphatic hydroxyl groups is 1. The third-order valence-electron chi connectivity index (χ3n) is 5.87. The Balaban J connectivity index is 1.33. The number of aromatic nitrogens is 3. The molecule has 4 rings (SSSR count). The Bertz CT molecular complexity index is 737. The first kappa shape index (κ1) is 17.5. The van der Waals surface area contributed by atoms with Crippen LogP contribution in [0, 0.1) is 5.92 Å². The number of hydrogen-bond acceptors (Lipinski definition) is 5. The van der Waals surface area contributed by atoms with Crippen LogP contribution in [0.25, 0.3) is 0 Å². The van der Waals surface area contributed by atoms with E-state index in [1.54, 1.807) is 0 Å². The monoisotopic (exact) mass is 356 g/mol. The molecule has 0 amide bonds. The quantitative estimate of drug-likeness (QED) is 0.909. The van der Waals surface area contributed by atoms with Gasteiger partial charge in [0.1, 0.15) is 18.2 Å². The van der Waals surface area contributed by atoms with Gasteiger partial charge in [0.05, 0.1) is 6.61 Å². The summed E-state index contributed by atoms with van der Waals surface area (Å²) < 4.78 is 7.87. The van der Waals surface area contributed by atoms with Gasteiger partial charge in [0.15, 0.2) is 5.82 Å². The summed E-state index contributed by atoms with van der Waals surface area (Å²) in [5.41, 5.74) is 1.35. The zero-order valence-electron chi connectivity index (χ0n) is 15.5. The number of hydrogen-bond donors (Lipinski definition) is 1. The Hall–Kier alpha value is -1.92. The van der Waals surface area contributed by atoms with Crippen LogP contribution in [0.15, 0.2) is 24.3 Å². The van der Waals surface area contributed by atoms with Gasteiger partial charge in [-0.05, 0) is 56.3 Å². The fourth-order valence-electron chi connectivity index (χ4n) is 4.33. The molecule has 1 fully saturated rings. The largest absolute Gasteiger partial charge is 0.493 e. The van der Waals surface area contributed by atoms with E-state index in [1.165, 1.54) is 5.56 Å². The number of para-hydroxylation sites is 1. The number of ether oxygens (including phenoxy) is 1. The standard InChI is InChI=1S/C20H28N4O2/c1-23-19(14-25)21-22-20(23)16-6-9-24(10-7-16)13-15-8-11-26-18-5-3-2-4-17(18)12-15/h2-5,15-16,25H,6-14H2,1H3. The molecule has 0 radical (unpaired) electrons. The summed E-state index contributed by atoms with van der Waals surface area (Å²) in [6, 6.07) is 8.45. The van der Waals surface area contributed by atoms with Crippen LogP contribution in [0.2, 0.25) is 0 Å². The highest BCUT2D eigenvalue weighted by atomic mass is 16.5. The number of piperidine rings is 1. The second-order valence-electron chi connectivity index (χ2n) is 7.58. The van der Waals surface area contributed by atoms with E-state index in [-0.39, 0.29) is 6.61 Å². The van der Waals surface area contributed by atoms with E-state index < -0.39 is 0 Å². The summed E-state index contributed by atoms with van der Waals surface area (Å²) in [5, 5.41) is 17.7. The van der Waals surface area contributed by atoms with E-state index in [1.807, 2.05) is 11.6 Å². The lowest BCUT2D eigenvalue weighted by Crippen LogP contribution is -2.37. The molecule has 26 heavy (non-hydrogen) atoms. The zero-order valence-corrected chi connectivity index (χ0v) is 15.5. The minimum atomic E-state index is -0.0480. The van der Waals surface area contributed by atoms with Gasteiger partial charge in [-0.1, -0.05) is 18.2 Å². The number of benzene rings is 1. The van der Waals surface area contributed by atoms with Crippen LogP contribution < -0.4 is 4.74 Å². The van der Waals surface area contributed by atoms with Crippen molar-refractivity contribution in [2.24, 2.45) is 13.0 Å². The number of fused-ring (bicyclic) bond motifs is 1. The van der Waals surface area contributed by atoms with E-state index in [0.29, 0.717) is 17.7 Å². The van der Waals surface area contributed by atoms with Crippen molar-refractivity contribution in [2.75, 3.05) is 26.2 Å². The third kappa shape index (κ3) is 3.62. The van der Waals surface area contributed by atoms with Crippen molar-refractivity contribution in [3.8, 4) is 5.75 Å². The molecule has 0 aliphatic carbocycles. The van der Waals surface area contributed by atoms with Gasteiger partial charge in [-0.25, -0.2) is 0 Å². The van der Waals surface area contributed by atoms with Crippen LogP contribution in [0.4, 0.5) is 0 Å². The number of likely N-dealkylation sites (tertiary alicyclic amines) is 1. The van der Waals surface area contributed by atoms with Crippen molar-refractivity contribution in [3.63, 3.8) is 0 Å². The summed E-state index contributed by atoms with van der Waals surface area (Å²) in [6.45, 7) is 4.12. The summed E-state index contributed by atoms with van der Waals surface area (Å²) in [6.07, 6.45) is 4.45. The molecule has 0 spiro atoms. The van der Waals surface area contributed by atoms with Crippen LogP contribution in [-0.2, 0) is 20.1 Å². The highest BCUT2D eigenvalue weighted by molar-refractivity contribution is 5.34. The minimum Gasteiger partial charge on any atom is -0.493 e. The van der Waals surface area contributed by atoms with Crippen molar-refractivity contribution in [1.82, 2.24) is 19.7 Å². The number of rotatable bonds is 4. The Kier molecular flexibility index (Phi) is 5.22. The smallest absolute Gasteiger partial charge is 0.158 e. The van der Waals surface area contributed by atoms with E-state index in [9.17, 15) is 5.11 Å². The molecule has 1 saturated heterocycles. The summed E-state index contributed by atoms with van der Waals surface area (Å²) in [7, 11) is 1.95. The van der Waals surface area contributed by atoms with Crippen molar-refractivity contribution < 1.29 is 9.84 Å². The van der Waals surface area contributed by atoms with E-state index in [2.05, 4.69) is 39.4 Å². The van der Waals surface area contributed by atoms with Crippen LogP contribution in [-0.4, -0.2) is 51.0 Å². The van der Waals surface area contributed by atoms with Gasteiger partial charge in [0.25, 0.3) is 0 Å². The highest BCUT2D eigenvalue weighted by Gasteiger charge is 2.27. The fraction of sp³-hybridized carbons (Fsp3) is 0.600. The van der Waals surface area contributed by atoms with Crippen molar-refractivity contribution in [3.05, 3.63) is 41.5 Å². The van der Waals surface area contributed by atoms with Gasteiger partial charge in [-0.3, -0.25) is 0 Å². The van der Waals surface area contributed by atoms with Crippen LogP contribution >= 0.6 is 0 Å². The van der Waals surface area contributed by atoms with Crippen LogP contribution in [0.3, 0.4) is 0 Å². The first-order valence-corrected chi connectivity index (χ1v) is 9.66. The van der Waals surface area contributed by atoms with E-state index in [4.69, 9.17) is 4.74 Å². The molecule has 6 heteroatoms. The molecule has 1 N–H and O–H groups in total. The molecule has 2 aromatic rings. The van der Waals surface area contributed by atoms with Gasteiger partial charge < -0.3 is 19.3 Å². The Morgan fingerprint density at radius 3 is 2.73 bits per heavy atom. The zero-order chi connectivity index (χ0) is 17.9. The molecule has 2 aliphatic heterocycles. The maximum Gasteiger partial charge on any atom is 0.158 e. The Morgan fingerprint density at radius 2 is 1.96 bits per heavy atom. The molecule has 1 aromatic carbocycles. The molecule has 2 aliphatic rings. The van der Waals surface area contributed by atoms with Crippen LogP contribution in [0.5, 0.6) is 5.75 Å². The van der Waals surface area contributed by atoms with Crippen molar-refractivity contribution in [1.29, 1.82) is 0 Å². The maximum absolute atomic E-state index is 9.31. The highest BCUT2D eigenvalue weighted by Crippen LogP contribution is 2.30. The second kappa shape index (κ2) is 7.76. The SMILES string of the molecule is Cn1c(CO)nnc1C1CCN(CC2CCOc3ccccc3C2)CC1. The predicted molar refractivity (Wildman–Crippen MR) is 99.1 cm³/mol. The predicted octanol–water partition coefficient (Wildman–Crippen LogP) is 2.13.